The van der Waals surface area contributed by atoms with E-state index in [0.29, 0.717) is 11.8 Å². The largest absolute Gasteiger partial charge is 0.348 e. The lowest BCUT2D eigenvalue weighted by atomic mass is 9.95. The summed E-state index contributed by atoms with van der Waals surface area (Å²) in [5.74, 6) is 1.22. The van der Waals surface area contributed by atoms with E-state index >= 15 is 0 Å². The molecule has 0 aliphatic carbocycles. The number of rotatable bonds is 5. The van der Waals surface area contributed by atoms with Gasteiger partial charge in [0.05, 0.1) is 17.1 Å². The van der Waals surface area contributed by atoms with Gasteiger partial charge in [0, 0.05) is 17.3 Å². The van der Waals surface area contributed by atoms with Crippen LogP contribution in [-0.2, 0) is 4.79 Å². The van der Waals surface area contributed by atoms with Gasteiger partial charge in [-0.15, -0.1) is 0 Å². The Hall–Kier alpha value is -3.74. The van der Waals surface area contributed by atoms with Crippen molar-refractivity contribution in [3.05, 3.63) is 72.7 Å². The lowest BCUT2D eigenvalue weighted by Gasteiger charge is -2.17. The fraction of sp³-hybridized carbons (Fsp3) is 0.250. The molecule has 7 heteroatoms. The number of imidazole rings is 1. The lowest BCUT2D eigenvalue weighted by Crippen LogP contribution is -2.27. The second-order valence-electron chi connectivity index (χ2n) is 8.54. The van der Waals surface area contributed by atoms with Gasteiger partial charge in [-0.2, -0.15) is 4.98 Å². The van der Waals surface area contributed by atoms with Crippen LogP contribution in [0.25, 0.3) is 16.9 Å². The molecule has 0 fully saturated rings. The number of hydrogen-bond donors (Lipinski definition) is 2. The Balaban J connectivity index is 1.58. The highest BCUT2D eigenvalue weighted by molar-refractivity contribution is 5.96. The predicted molar refractivity (Wildman–Crippen MR) is 123 cm³/mol. The molecule has 2 aromatic heterocycles. The average molecular weight is 415 g/mol. The molecule has 0 aliphatic rings. The molecule has 0 aliphatic heterocycles. The van der Waals surface area contributed by atoms with Gasteiger partial charge in [-0.25, -0.2) is 9.97 Å². The molecule has 0 bridgehead atoms. The van der Waals surface area contributed by atoms with Crippen molar-refractivity contribution in [3.63, 3.8) is 0 Å². The number of aromatic nitrogens is 4. The van der Waals surface area contributed by atoms with Crippen molar-refractivity contribution in [2.75, 3.05) is 10.6 Å². The summed E-state index contributed by atoms with van der Waals surface area (Å²) in [7, 11) is 0. The molecule has 0 saturated heterocycles. The van der Waals surface area contributed by atoms with Crippen molar-refractivity contribution < 1.29 is 4.79 Å². The SMILES string of the molecule is CC(Nc1nccc(-n2cnc3cc(NC(=O)C(C)(C)C)ccc32)n1)c1ccccc1. The Morgan fingerprint density at radius 2 is 1.81 bits per heavy atom. The minimum atomic E-state index is -0.463. The maximum atomic E-state index is 12.3. The molecule has 2 heterocycles. The first-order valence-electron chi connectivity index (χ1n) is 10.2. The summed E-state index contributed by atoms with van der Waals surface area (Å²) in [4.78, 5) is 25.8. The van der Waals surface area contributed by atoms with Gasteiger partial charge in [0.1, 0.15) is 12.1 Å². The van der Waals surface area contributed by atoms with E-state index in [1.54, 1.807) is 12.5 Å². The van der Waals surface area contributed by atoms with E-state index < -0.39 is 5.41 Å². The van der Waals surface area contributed by atoms with E-state index in [1.165, 1.54) is 0 Å². The Bertz CT molecular complexity index is 1210. The summed E-state index contributed by atoms with van der Waals surface area (Å²) < 4.78 is 1.91. The Morgan fingerprint density at radius 3 is 2.55 bits per heavy atom. The standard InChI is InChI=1S/C24H26N6O/c1-16(17-8-6-5-7-9-17)27-23-25-13-12-21(29-23)30-15-26-19-14-18(10-11-20(19)30)28-22(31)24(2,3)4/h5-16H,1-4H3,(H,28,31)(H,25,27,29). The van der Waals surface area contributed by atoms with Gasteiger partial charge in [-0.1, -0.05) is 51.1 Å². The summed E-state index contributed by atoms with van der Waals surface area (Å²) in [6, 6.07) is 17.8. The zero-order valence-electron chi connectivity index (χ0n) is 18.1. The van der Waals surface area contributed by atoms with Gasteiger partial charge in [0.25, 0.3) is 0 Å². The fourth-order valence-corrected chi connectivity index (χ4v) is 3.16. The molecule has 2 aromatic carbocycles. The van der Waals surface area contributed by atoms with Crippen molar-refractivity contribution in [2.24, 2.45) is 5.41 Å². The number of carbonyl (C=O) groups excluding carboxylic acids is 1. The van der Waals surface area contributed by atoms with Crippen LogP contribution in [-0.4, -0.2) is 25.4 Å². The summed E-state index contributed by atoms with van der Waals surface area (Å²) >= 11 is 0. The second-order valence-corrected chi connectivity index (χ2v) is 8.54. The first kappa shape index (κ1) is 20.5. The molecule has 4 rings (SSSR count). The van der Waals surface area contributed by atoms with Crippen molar-refractivity contribution in [1.29, 1.82) is 0 Å². The zero-order chi connectivity index (χ0) is 22.0. The molecular formula is C24H26N6O. The number of fused-ring (bicyclic) bond motifs is 1. The van der Waals surface area contributed by atoms with Crippen LogP contribution >= 0.6 is 0 Å². The monoisotopic (exact) mass is 414 g/mol. The minimum Gasteiger partial charge on any atom is -0.348 e. The van der Waals surface area contributed by atoms with Crippen LogP contribution in [0.1, 0.15) is 39.3 Å². The van der Waals surface area contributed by atoms with Crippen molar-refractivity contribution in [3.8, 4) is 5.82 Å². The van der Waals surface area contributed by atoms with Crippen LogP contribution < -0.4 is 10.6 Å². The maximum absolute atomic E-state index is 12.3. The molecule has 158 valence electrons. The summed E-state index contributed by atoms with van der Waals surface area (Å²) in [6.07, 6.45) is 3.46. The third-order valence-corrected chi connectivity index (χ3v) is 5.02. The topological polar surface area (TPSA) is 84.7 Å². The molecule has 1 amide bonds. The molecule has 31 heavy (non-hydrogen) atoms. The van der Waals surface area contributed by atoms with Gasteiger partial charge in [-0.3, -0.25) is 9.36 Å². The first-order valence-corrected chi connectivity index (χ1v) is 10.2. The number of nitrogens with one attached hydrogen (secondary N) is 2. The summed E-state index contributed by atoms with van der Waals surface area (Å²) in [6.45, 7) is 7.73. The van der Waals surface area contributed by atoms with E-state index in [2.05, 4.69) is 44.6 Å². The van der Waals surface area contributed by atoms with E-state index in [4.69, 9.17) is 0 Å². The molecule has 7 nitrogen and oxygen atoms in total. The maximum Gasteiger partial charge on any atom is 0.229 e. The third-order valence-electron chi connectivity index (χ3n) is 5.02. The smallest absolute Gasteiger partial charge is 0.229 e. The van der Waals surface area contributed by atoms with Crippen LogP contribution in [0.2, 0.25) is 0 Å². The van der Waals surface area contributed by atoms with Gasteiger partial charge in [-0.05, 0) is 36.8 Å². The Kier molecular flexibility index (Phi) is 5.42. The van der Waals surface area contributed by atoms with Crippen LogP contribution in [0.4, 0.5) is 11.6 Å². The number of amides is 1. The molecule has 0 saturated carbocycles. The molecule has 1 atom stereocenters. The van der Waals surface area contributed by atoms with E-state index in [9.17, 15) is 4.79 Å². The molecule has 1 unspecified atom stereocenters. The van der Waals surface area contributed by atoms with Crippen LogP contribution in [0.15, 0.2) is 67.1 Å². The summed E-state index contributed by atoms with van der Waals surface area (Å²) in [5, 5.41) is 6.30. The number of nitrogens with zero attached hydrogens (tertiary/aromatic N) is 4. The third kappa shape index (κ3) is 4.55. The highest BCUT2D eigenvalue weighted by atomic mass is 16.2. The molecule has 4 aromatic rings. The molecule has 2 N–H and O–H groups in total. The number of anilines is 2. The Morgan fingerprint density at radius 1 is 1.03 bits per heavy atom. The van der Waals surface area contributed by atoms with Gasteiger partial charge in [0.15, 0.2) is 0 Å². The van der Waals surface area contributed by atoms with E-state index in [1.807, 2.05) is 67.8 Å². The molecular weight excluding hydrogens is 388 g/mol. The molecule has 0 radical (unpaired) electrons. The summed E-state index contributed by atoms with van der Waals surface area (Å²) in [5.41, 5.74) is 3.09. The highest BCUT2D eigenvalue weighted by Gasteiger charge is 2.21. The highest BCUT2D eigenvalue weighted by Crippen LogP contribution is 2.24. The number of hydrogen-bond acceptors (Lipinski definition) is 5. The van der Waals surface area contributed by atoms with Crippen LogP contribution in [0.5, 0.6) is 0 Å². The van der Waals surface area contributed by atoms with Gasteiger partial charge < -0.3 is 10.6 Å². The van der Waals surface area contributed by atoms with Crippen LogP contribution in [0.3, 0.4) is 0 Å². The van der Waals surface area contributed by atoms with E-state index in [-0.39, 0.29) is 11.9 Å². The van der Waals surface area contributed by atoms with E-state index in [0.717, 1.165) is 22.3 Å². The fourth-order valence-electron chi connectivity index (χ4n) is 3.16. The van der Waals surface area contributed by atoms with Crippen LogP contribution in [0, 0.1) is 5.41 Å². The van der Waals surface area contributed by atoms with Gasteiger partial charge >= 0.3 is 0 Å². The minimum absolute atomic E-state index is 0.0367. The second kappa shape index (κ2) is 8.18. The number of carbonyl (C=O) groups is 1. The molecule has 0 spiro atoms. The van der Waals surface area contributed by atoms with Crippen molar-refractivity contribution in [2.45, 2.75) is 33.7 Å². The first-order chi connectivity index (χ1) is 14.8. The Labute approximate surface area is 181 Å². The lowest BCUT2D eigenvalue weighted by molar-refractivity contribution is -0.123. The predicted octanol–water partition coefficient (Wildman–Crippen LogP) is 4.97. The number of benzene rings is 2. The zero-order valence-corrected chi connectivity index (χ0v) is 18.1. The van der Waals surface area contributed by atoms with Gasteiger partial charge in [0.2, 0.25) is 11.9 Å². The van der Waals surface area contributed by atoms with Crippen molar-refractivity contribution >= 4 is 28.6 Å². The normalized spacial score (nSPS) is 12.5. The van der Waals surface area contributed by atoms with Crippen molar-refractivity contribution in [1.82, 2.24) is 19.5 Å². The quantitative estimate of drug-likeness (QED) is 0.481. The average Bonchev–Trinajstić information content (AvgIpc) is 3.17.